The van der Waals surface area contributed by atoms with E-state index in [0.717, 1.165) is 17.5 Å². The van der Waals surface area contributed by atoms with Crippen LogP contribution in [0.5, 0.6) is 0 Å². The summed E-state index contributed by atoms with van der Waals surface area (Å²) in [7, 11) is 0. The molecule has 106 valence electrons. The predicted molar refractivity (Wildman–Crippen MR) is 77.5 cm³/mol. The quantitative estimate of drug-likeness (QED) is 0.850. The molecule has 1 atom stereocenters. The van der Waals surface area contributed by atoms with Crippen LogP contribution in [0.4, 0.5) is 8.78 Å². The number of hydrogen-bond acceptors (Lipinski definition) is 1. The van der Waals surface area contributed by atoms with Crippen LogP contribution in [0.3, 0.4) is 0 Å². The summed E-state index contributed by atoms with van der Waals surface area (Å²) in [5.74, 6) is -0.509. The summed E-state index contributed by atoms with van der Waals surface area (Å²) in [6.45, 7) is 4.20. The van der Waals surface area contributed by atoms with E-state index in [-0.39, 0.29) is 17.7 Å². The maximum absolute atomic E-state index is 13.1. The van der Waals surface area contributed by atoms with Crippen molar-refractivity contribution in [2.75, 3.05) is 0 Å². The largest absolute Gasteiger partial charge is 0.304 e. The first kappa shape index (κ1) is 14.7. The van der Waals surface area contributed by atoms with Crippen molar-refractivity contribution in [3.63, 3.8) is 0 Å². The van der Waals surface area contributed by atoms with Gasteiger partial charge in [0.05, 0.1) is 6.04 Å². The molecule has 0 radical (unpaired) electrons. The fourth-order valence-electron chi connectivity index (χ4n) is 2.10. The van der Waals surface area contributed by atoms with Gasteiger partial charge in [-0.2, -0.15) is 0 Å². The van der Waals surface area contributed by atoms with Crippen molar-refractivity contribution in [2.45, 2.75) is 32.4 Å². The van der Waals surface area contributed by atoms with Crippen LogP contribution in [0.1, 0.15) is 37.4 Å². The van der Waals surface area contributed by atoms with E-state index in [4.69, 9.17) is 0 Å². The molecule has 0 saturated heterocycles. The van der Waals surface area contributed by atoms with Crippen molar-refractivity contribution in [3.05, 3.63) is 71.3 Å². The maximum Gasteiger partial charge on any atom is 0.123 e. The lowest BCUT2D eigenvalue weighted by Crippen LogP contribution is -2.30. The predicted octanol–water partition coefficient (Wildman–Crippen LogP) is 4.44. The topological polar surface area (TPSA) is 12.0 Å². The number of benzene rings is 2. The van der Waals surface area contributed by atoms with E-state index in [9.17, 15) is 8.78 Å². The van der Waals surface area contributed by atoms with Gasteiger partial charge in [-0.05, 0) is 48.7 Å². The van der Waals surface area contributed by atoms with E-state index < -0.39 is 0 Å². The van der Waals surface area contributed by atoms with Crippen LogP contribution in [0.25, 0.3) is 0 Å². The van der Waals surface area contributed by atoms with Crippen LogP contribution in [-0.2, 0) is 0 Å². The van der Waals surface area contributed by atoms with E-state index in [1.165, 1.54) is 24.3 Å². The minimum atomic E-state index is -0.254. The summed E-state index contributed by atoms with van der Waals surface area (Å²) >= 11 is 0. The van der Waals surface area contributed by atoms with Gasteiger partial charge in [0, 0.05) is 6.04 Å². The minimum absolute atomic E-state index is 0.0638. The lowest BCUT2D eigenvalue weighted by molar-refractivity contribution is 0.486. The van der Waals surface area contributed by atoms with Gasteiger partial charge in [-0.25, -0.2) is 8.78 Å². The summed E-state index contributed by atoms with van der Waals surface area (Å²) < 4.78 is 26.1. The molecule has 20 heavy (non-hydrogen) atoms. The third kappa shape index (κ3) is 3.64. The molecule has 0 aliphatic heterocycles. The van der Waals surface area contributed by atoms with Crippen LogP contribution < -0.4 is 5.32 Å². The lowest BCUT2D eigenvalue weighted by atomic mass is 9.97. The van der Waals surface area contributed by atoms with Crippen LogP contribution >= 0.6 is 0 Å². The van der Waals surface area contributed by atoms with E-state index in [1.54, 1.807) is 24.3 Å². The fourth-order valence-corrected chi connectivity index (χ4v) is 2.10. The van der Waals surface area contributed by atoms with Crippen molar-refractivity contribution >= 4 is 0 Å². The standard InChI is InChI=1S/C17H19F2N/c1-3-12(2)20-17(13-4-8-15(18)9-5-13)14-6-10-16(19)11-7-14/h4-12,17,20H,3H2,1-2H3. The Kier molecular flexibility index (Phi) is 4.85. The first-order valence-electron chi connectivity index (χ1n) is 6.87. The molecule has 1 N–H and O–H groups in total. The molecule has 0 spiro atoms. The molecule has 0 amide bonds. The van der Waals surface area contributed by atoms with Gasteiger partial charge in [-0.15, -0.1) is 0 Å². The average molecular weight is 275 g/mol. The first-order valence-corrected chi connectivity index (χ1v) is 6.87. The van der Waals surface area contributed by atoms with Crippen molar-refractivity contribution in [1.82, 2.24) is 5.32 Å². The molecule has 1 nitrogen and oxygen atoms in total. The third-order valence-electron chi connectivity index (χ3n) is 3.47. The Hall–Kier alpha value is -1.74. The van der Waals surface area contributed by atoms with Gasteiger partial charge < -0.3 is 5.32 Å². The molecule has 0 saturated carbocycles. The van der Waals surface area contributed by atoms with E-state index in [0.29, 0.717) is 6.04 Å². The Balaban J connectivity index is 2.33. The first-order chi connectivity index (χ1) is 9.60. The van der Waals surface area contributed by atoms with E-state index in [1.807, 2.05) is 0 Å². The highest BCUT2D eigenvalue weighted by Crippen LogP contribution is 2.23. The molecule has 3 heteroatoms. The normalized spacial score (nSPS) is 12.7. The summed E-state index contributed by atoms with van der Waals surface area (Å²) in [5, 5.41) is 3.49. The molecule has 1 unspecified atom stereocenters. The summed E-state index contributed by atoms with van der Waals surface area (Å²) in [6.07, 6.45) is 0.985. The Morgan fingerprint density at radius 1 is 0.850 bits per heavy atom. The SMILES string of the molecule is CCC(C)NC(c1ccc(F)cc1)c1ccc(F)cc1. The second kappa shape index (κ2) is 6.62. The Morgan fingerprint density at radius 2 is 1.25 bits per heavy atom. The van der Waals surface area contributed by atoms with Crippen LogP contribution in [0.15, 0.2) is 48.5 Å². The Bertz CT molecular complexity index is 488. The highest BCUT2D eigenvalue weighted by Gasteiger charge is 2.16. The molecule has 0 fully saturated rings. The van der Waals surface area contributed by atoms with Crippen molar-refractivity contribution in [1.29, 1.82) is 0 Å². The zero-order chi connectivity index (χ0) is 14.5. The van der Waals surface area contributed by atoms with Gasteiger partial charge in [-0.3, -0.25) is 0 Å². The van der Waals surface area contributed by atoms with E-state index >= 15 is 0 Å². The molecule has 0 aromatic heterocycles. The van der Waals surface area contributed by atoms with E-state index in [2.05, 4.69) is 19.2 Å². The highest BCUT2D eigenvalue weighted by atomic mass is 19.1. The van der Waals surface area contributed by atoms with Gasteiger partial charge in [0.15, 0.2) is 0 Å². The van der Waals surface area contributed by atoms with Crippen molar-refractivity contribution in [2.24, 2.45) is 0 Å². The van der Waals surface area contributed by atoms with Crippen molar-refractivity contribution < 1.29 is 8.78 Å². The molecule has 0 aliphatic carbocycles. The zero-order valence-corrected chi connectivity index (χ0v) is 11.7. The van der Waals surface area contributed by atoms with Gasteiger partial charge in [0.25, 0.3) is 0 Å². The monoisotopic (exact) mass is 275 g/mol. The third-order valence-corrected chi connectivity index (χ3v) is 3.47. The second-order valence-electron chi connectivity index (χ2n) is 5.01. The maximum atomic E-state index is 13.1. The van der Waals surface area contributed by atoms with Crippen molar-refractivity contribution in [3.8, 4) is 0 Å². The van der Waals surface area contributed by atoms with Gasteiger partial charge in [0.1, 0.15) is 11.6 Å². The number of hydrogen-bond donors (Lipinski definition) is 1. The Morgan fingerprint density at radius 3 is 1.60 bits per heavy atom. The van der Waals surface area contributed by atoms with Crippen LogP contribution in [0, 0.1) is 11.6 Å². The number of rotatable bonds is 5. The molecule has 2 aromatic rings. The summed E-state index contributed by atoms with van der Waals surface area (Å²) in [6, 6.07) is 13.1. The second-order valence-corrected chi connectivity index (χ2v) is 5.01. The minimum Gasteiger partial charge on any atom is -0.304 e. The fraction of sp³-hybridized carbons (Fsp3) is 0.294. The smallest absolute Gasteiger partial charge is 0.123 e. The molecule has 0 aliphatic rings. The number of halogens is 2. The molecule has 2 rings (SSSR count). The summed E-state index contributed by atoms with van der Waals surface area (Å²) in [5.41, 5.74) is 1.94. The van der Waals surface area contributed by atoms with Crippen LogP contribution in [-0.4, -0.2) is 6.04 Å². The average Bonchev–Trinajstić information content (AvgIpc) is 2.46. The molecule has 0 heterocycles. The molecular weight excluding hydrogens is 256 g/mol. The molecule has 2 aromatic carbocycles. The number of nitrogens with one attached hydrogen (secondary N) is 1. The van der Waals surface area contributed by atoms with Crippen LogP contribution in [0.2, 0.25) is 0 Å². The van der Waals surface area contributed by atoms with Gasteiger partial charge in [0.2, 0.25) is 0 Å². The summed E-state index contributed by atoms with van der Waals surface area (Å²) in [4.78, 5) is 0. The molecule has 0 bridgehead atoms. The van der Waals surface area contributed by atoms with Gasteiger partial charge in [-0.1, -0.05) is 31.2 Å². The Labute approximate surface area is 118 Å². The van der Waals surface area contributed by atoms with Gasteiger partial charge >= 0.3 is 0 Å². The highest BCUT2D eigenvalue weighted by molar-refractivity contribution is 5.32. The molecular formula is C17H19F2N. The lowest BCUT2D eigenvalue weighted by Gasteiger charge is -2.23. The zero-order valence-electron chi connectivity index (χ0n) is 11.7.